The third-order valence-corrected chi connectivity index (χ3v) is 6.52. The fourth-order valence-corrected chi connectivity index (χ4v) is 5.50. The molecule has 0 amide bonds. The van der Waals surface area contributed by atoms with Gasteiger partial charge in [0.05, 0.1) is 18.6 Å². The van der Waals surface area contributed by atoms with Crippen LogP contribution < -0.4 is 0 Å². The van der Waals surface area contributed by atoms with Crippen LogP contribution in [0.5, 0.6) is 0 Å². The maximum absolute atomic E-state index is 4.92. The molecule has 0 spiro atoms. The first kappa shape index (κ1) is 13.1. The molecule has 0 bridgehead atoms. The highest BCUT2D eigenvalue weighted by Gasteiger charge is 2.41. The molecule has 4 nitrogen and oxygen atoms in total. The number of nitrogens with zero attached hydrogens (tertiary/aromatic N) is 4. The zero-order valence-corrected chi connectivity index (χ0v) is 13.4. The molecule has 4 rings (SSSR count). The van der Waals surface area contributed by atoms with Crippen molar-refractivity contribution in [3.8, 4) is 0 Å². The van der Waals surface area contributed by atoms with Gasteiger partial charge in [-0.3, -0.25) is 9.98 Å². The minimum atomic E-state index is 0.562. The number of likely N-dealkylation sites (N-methyl/N-ethyl adjacent to an activating group) is 1. The first-order valence-electron chi connectivity index (χ1n) is 7.44. The first-order valence-corrected chi connectivity index (χ1v) is 9.30. The number of hydrogen-bond donors (Lipinski definition) is 0. The molecular formula is C14H20N4S2. The van der Waals surface area contributed by atoms with Crippen LogP contribution in [0.25, 0.3) is 0 Å². The fourth-order valence-electron chi connectivity index (χ4n) is 3.40. The van der Waals surface area contributed by atoms with Crippen LogP contribution in [0.2, 0.25) is 0 Å². The van der Waals surface area contributed by atoms with Gasteiger partial charge in [-0.2, -0.15) is 0 Å². The van der Waals surface area contributed by atoms with Crippen LogP contribution in [0.4, 0.5) is 0 Å². The molecule has 0 aromatic carbocycles. The Morgan fingerprint density at radius 2 is 2.30 bits per heavy atom. The second-order valence-corrected chi connectivity index (χ2v) is 7.58. The molecule has 3 aliphatic heterocycles. The lowest BCUT2D eigenvalue weighted by atomic mass is 9.91. The van der Waals surface area contributed by atoms with Crippen molar-refractivity contribution in [3.05, 3.63) is 11.1 Å². The Hall–Kier alpha value is -0.620. The van der Waals surface area contributed by atoms with Crippen LogP contribution in [0.1, 0.15) is 25.7 Å². The summed E-state index contributed by atoms with van der Waals surface area (Å²) in [6, 6.07) is 1.20. The van der Waals surface area contributed by atoms with Crippen LogP contribution in [-0.4, -0.2) is 58.1 Å². The van der Waals surface area contributed by atoms with Crippen molar-refractivity contribution in [1.82, 2.24) is 9.80 Å². The van der Waals surface area contributed by atoms with E-state index >= 15 is 0 Å². The summed E-state index contributed by atoms with van der Waals surface area (Å²) in [6.07, 6.45) is 5.30. The van der Waals surface area contributed by atoms with Gasteiger partial charge < -0.3 is 9.80 Å². The Kier molecular flexibility index (Phi) is 3.46. The van der Waals surface area contributed by atoms with E-state index in [1.807, 2.05) is 23.5 Å². The van der Waals surface area contributed by atoms with Crippen LogP contribution in [0, 0.1) is 0 Å². The Balaban J connectivity index is 1.43. The molecule has 0 aromatic heterocycles. The van der Waals surface area contributed by atoms with E-state index in [2.05, 4.69) is 27.2 Å². The molecule has 2 atom stereocenters. The van der Waals surface area contributed by atoms with Gasteiger partial charge in [0.1, 0.15) is 0 Å². The molecule has 4 aliphatic rings. The monoisotopic (exact) mass is 308 g/mol. The predicted molar refractivity (Wildman–Crippen MR) is 88.4 cm³/mol. The lowest BCUT2D eigenvalue weighted by Gasteiger charge is -2.32. The van der Waals surface area contributed by atoms with E-state index in [0.717, 1.165) is 18.8 Å². The van der Waals surface area contributed by atoms with Crippen LogP contribution in [0.3, 0.4) is 0 Å². The maximum Gasteiger partial charge on any atom is 0.168 e. The van der Waals surface area contributed by atoms with E-state index in [1.54, 1.807) is 0 Å². The van der Waals surface area contributed by atoms with E-state index in [-0.39, 0.29) is 0 Å². The van der Waals surface area contributed by atoms with Gasteiger partial charge in [0.15, 0.2) is 10.3 Å². The normalized spacial score (nSPS) is 31.9. The van der Waals surface area contributed by atoms with Crippen molar-refractivity contribution >= 4 is 33.9 Å². The highest BCUT2D eigenvalue weighted by Crippen LogP contribution is 2.41. The highest BCUT2D eigenvalue weighted by molar-refractivity contribution is 8.17. The molecule has 0 N–H and O–H groups in total. The second-order valence-electron chi connectivity index (χ2n) is 5.80. The molecule has 0 saturated heterocycles. The molecule has 0 aromatic rings. The molecule has 3 heterocycles. The van der Waals surface area contributed by atoms with E-state index in [1.165, 1.54) is 41.7 Å². The number of amidine groups is 2. The molecule has 108 valence electrons. The summed E-state index contributed by atoms with van der Waals surface area (Å²) in [7, 11) is 2.14. The smallest absolute Gasteiger partial charge is 0.168 e. The van der Waals surface area contributed by atoms with E-state index in [0.29, 0.717) is 12.1 Å². The summed E-state index contributed by atoms with van der Waals surface area (Å²) in [4.78, 5) is 14.3. The number of aliphatic imine (C=N–C) groups is 2. The summed E-state index contributed by atoms with van der Waals surface area (Å²) in [5, 5.41) is 4.74. The van der Waals surface area contributed by atoms with Gasteiger partial charge in [0, 0.05) is 25.0 Å². The van der Waals surface area contributed by atoms with Crippen LogP contribution in [-0.2, 0) is 0 Å². The molecule has 1 saturated carbocycles. The second kappa shape index (κ2) is 5.30. The Bertz CT molecular complexity index is 499. The first-order chi connectivity index (χ1) is 9.83. The Morgan fingerprint density at radius 3 is 3.15 bits per heavy atom. The summed E-state index contributed by atoms with van der Waals surface area (Å²) in [6.45, 7) is 2.02. The van der Waals surface area contributed by atoms with E-state index < -0.39 is 0 Å². The summed E-state index contributed by atoms with van der Waals surface area (Å²) < 4.78 is 0. The molecule has 20 heavy (non-hydrogen) atoms. The van der Waals surface area contributed by atoms with Gasteiger partial charge in [-0.15, -0.1) is 0 Å². The zero-order valence-electron chi connectivity index (χ0n) is 11.8. The van der Waals surface area contributed by atoms with Crippen molar-refractivity contribution in [2.75, 3.05) is 25.9 Å². The lowest BCUT2D eigenvalue weighted by molar-refractivity contribution is 0.285. The van der Waals surface area contributed by atoms with Crippen molar-refractivity contribution in [2.24, 2.45) is 9.98 Å². The standard InChI is InChI=1S/C14H20N4S2/c1-17-7-6-15-13(17)19-8-10-9-20-14-16-11-4-2-3-5-12(11)18(10)14/h9,11-12H,2-8H2,1H3/t11-,12-/m1/s1. The van der Waals surface area contributed by atoms with Crippen molar-refractivity contribution in [3.63, 3.8) is 0 Å². The average Bonchev–Trinajstić information content (AvgIpc) is 3.12. The van der Waals surface area contributed by atoms with Gasteiger partial charge >= 0.3 is 0 Å². The number of hydrogen-bond acceptors (Lipinski definition) is 6. The zero-order chi connectivity index (χ0) is 13.5. The quantitative estimate of drug-likeness (QED) is 0.785. The van der Waals surface area contributed by atoms with Crippen molar-refractivity contribution < 1.29 is 0 Å². The van der Waals surface area contributed by atoms with Crippen LogP contribution in [0.15, 0.2) is 21.1 Å². The third kappa shape index (κ3) is 2.17. The summed E-state index contributed by atoms with van der Waals surface area (Å²) in [5.41, 5.74) is 1.44. The average molecular weight is 308 g/mol. The fraction of sp³-hybridized carbons (Fsp3) is 0.714. The summed E-state index contributed by atoms with van der Waals surface area (Å²) >= 11 is 3.69. The molecule has 0 unspecified atom stereocenters. The minimum absolute atomic E-state index is 0.562. The predicted octanol–water partition coefficient (Wildman–Crippen LogP) is 2.59. The molecular weight excluding hydrogens is 288 g/mol. The highest BCUT2D eigenvalue weighted by atomic mass is 32.2. The number of rotatable bonds is 2. The van der Waals surface area contributed by atoms with Crippen molar-refractivity contribution in [1.29, 1.82) is 0 Å². The molecule has 0 radical (unpaired) electrons. The SMILES string of the molecule is CN1CCN=C1SCC1=CSC2=N[C@@H]3CCCC[C@H]3N12. The Morgan fingerprint density at radius 1 is 1.40 bits per heavy atom. The minimum Gasteiger partial charge on any atom is -0.353 e. The maximum atomic E-state index is 4.92. The number of thioether (sulfide) groups is 2. The molecule has 6 heteroatoms. The number of fused-ring (bicyclic) bond motifs is 3. The van der Waals surface area contributed by atoms with Gasteiger partial charge in [-0.25, -0.2) is 0 Å². The van der Waals surface area contributed by atoms with Gasteiger partial charge in [-0.05, 0) is 18.2 Å². The van der Waals surface area contributed by atoms with Gasteiger partial charge in [-0.1, -0.05) is 36.4 Å². The molecule has 1 aliphatic carbocycles. The summed E-state index contributed by atoms with van der Waals surface area (Å²) in [5.74, 6) is 1.03. The van der Waals surface area contributed by atoms with Gasteiger partial charge in [0.25, 0.3) is 0 Å². The molecule has 1 fully saturated rings. The van der Waals surface area contributed by atoms with E-state index in [4.69, 9.17) is 4.99 Å². The van der Waals surface area contributed by atoms with Crippen LogP contribution >= 0.6 is 23.5 Å². The Labute approximate surface area is 128 Å². The van der Waals surface area contributed by atoms with E-state index in [9.17, 15) is 0 Å². The van der Waals surface area contributed by atoms with Gasteiger partial charge in [0.2, 0.25) is 0 Å². The lowest BCUT2D eigenvalue weighted by Crippen LogP contribution is -2.39. The topological polar surface area (TPSA) is 31.2 Å². The van der Waals surface area contributed by atoms with Crippen molar-refractivity contribution in [2.45, 2.75) is 37.8 Å². The third-order valence-electron chi connectivity index (χ3n) is 4.48. The largest absolute Gasteiger partial charge is 0.353 e.